The Labute approximate surface area is 166 Å². The molecule has 5 unspecified atom stereocenters. The lowest BCUT2D eigenvalue weighted by molar-refractivity contribution is -0.277. The molecule has 1 aliphatic heterocycles. The van der Waals surface area contributed by atoms with Crippen LogP contribution >= 0.6 is 0 Å². The minimum atomic E-state index is -1.52. The van der Waals surface area contributed by atoms with Crippen molar-refractivity contribution in [3.05, 3.63) is 42.5 Å². The molecule has 3 aromatic rings. The Morgan fingerprint density at radius 1 is 0.931 bits per heavy atom. The van der Waals surface area contributed by atoms with E-state index >= 15 is 0 Å². The molecular formula is C21H22O8. The summed E-state index contributed by atoms with van der Waals surface area (Å²) in [5.74, 6) is 0.994. The van der Waals surface area contributed by atoms with Crippen molar-refractivity contribution < 1.29 is 39.7 Å². The molecule has 5 atom stereocenters. The molecule has 0 saturated carbocycles. The second-order valence-electron chi connectivity index (χ2n) is 7.01. The van der Waals surface area contributed by atoms with E-state index in [1.54, 1.807) is 30.3 Å². The minimum absolute atomic E-state index is 0.165. The predicted octanol–water partition coefficient (Wildman–Crippen LogP) is 0.886. The fraction of sp³-hybridized carbons (Fsp3) is 0.333. The molecule has 0 radical (unpaired) electrons. The van der Waals surface area contributed by atoms with E-state index in [4.69, 9.17) is 14.2 Å². The van der Waals surface area contributed by atoms with Crippen LogP contribution < -0.4 is 9.47 Å². The highest BCUT2D eigenvalue weighted by molar-refractivity contribution is 6.11. The molecule has 29 heavy (non-hydrogen) atoms. The number of fused-ring (bicyclic) bond motifs is 3. The summed E-state index contributed by atoms with van der Waals surface area (Å²) in [5, 5.41) is 52.4. The second-order valence-corrected chi connectivity index (χ2v) is 7.01. The smallest absolute Gasteiger partial charge is 0.229 e. The molecule has 3 aromatic carbocycles. The van der Waals surface area contributed by atoms with Crippen LogP contribution in [-0.4, -0.2) is 70.0 Å². The van der Waals surface area contributed by atoms with Gasteiger partial charge in [-0.2, -0.15) is 0 Å². The molecule has 1 heterocycles. The summed E-state index contributed by atoms with van der Waals surface area (Å²) < 4.78 is 16.7. The Bertz CT molecular complexity index is 1030. The first kappa shape index (κ1) is 19.7. The van der Waals surface area contributed by atoms with Gasteiger partial charge in [0.25, 0.3) is 0 Å². The number of methoxy groups -OCH3 is 1. The minimum Gasteiger partial charge on any atom is -0.508 e. The van der Waals surface area contributed by atoms with E-state index in [1.165, 1.54) is 7.11 Å². The molecule has 0 amide bonds. The third kappa shape index (κ3) is 3.45. The largest absolute Gasteiger partial charge is 0.508 e. The predicted molar refractivity (Wildman–Crippen MR) is 104 cm³/mol. The summed E-state index contributed by atoms with van der Waals surface area (Å²) in [6, 6.07) is 12.1. The van der Waals surface area contributed by atoms with E-state index in [1.807, 2.05) is 12.1 Å². The molecule has 0 spiro atoms. The molecule has 0 bridgehead atoms. The van der Waals surface area contributed by atoms with E-state index in [0.29, 0.717) is 11.5 Å². The summed E-state index contributed by atoms with van der Waals surface area (Å²) in [7, 11) is 1.52. The summed E-state index contributed by atoms with van der Waals surface area (Å²) in [5.41, 5.74) is 0. The van der Waals surface area contributed by atoms with Gasteiger partial charge in [-0.3, -0.25) is 0 Å². The molecule has 154 valence electrons. The number of hydrogen-bond donors (Lipinski definition) is 5. The Morgan fingerprint density at radius 2 is 1.69 bits per heavy atom. The van der Waals surface area contributed by atoms with Crippen LogP contribution in [0.4, 0.5) is 0 Å². The summed E-state index contributed by atoms with van der Waals surface area (Å²) >= 11 is 0. The number of hydrogen-bond acceptors (Lipinski definition) is 8. The fourth-order valence-corrected chi connectivity index (χ4v) is 3.65. The third-order valence-electron chi connectivity index (χ3n) is 5.17. The van der Waals surface area contributed by atoms with Gasteiger partial charge in [0.2, 0.25) is 6.29 Å². The zero-order valence-electron chi connectivity index (χ0n) is 15.6. The average molecular weight is 402 g/mol. The molecule has 0 aliphatic carbocycles. The van der Waals surface area contributed by atoms with Crippen molar-refractivity contribution in [1.82, 2.24) is 0 Å². The molecule has 1 saturated heterocycles. The van der Waals surface area contributed by atoms with E-state index in [-0.39, 0.29) is 5.75 Å². The van der Waals surface area contributed by atoms with E-state index in [9.17, 15) is 25.5 Å². The number of aliphatic hydroxyl groups is 4. The molecule has 1 fully saturated rings. The number of aromatic hydroxyl groups is 1. The first-order valence-electron chi connectivity index (χ1n) is 9.13. The van der Waals surface area contributed by atoms with Crippen molar-refractivity contribution in [2.75, 3.05) is 13.7 Å². The monoisotopic (exact) mass is 402 g/mol. The molecule has 8 nitrogen and oxygen atoms in total. The van der Waals surface area contributed by atoms with Crippen molar-refractivity contribution in [3.63, 3.8) is 0 Å². The van der Waals surface area contributed by atoms with Gasteiger partial charge in [0.15, 0.2) is 0 Å². The maximum Gasteiger partial charge on any atom is 0.229 e. The van der Waals surface area contributed by atoms with Crippen LogP contribution in [0.25, 0.3) is 21.5 Å². The second kappa shape index (κ2) is 7.66. The Balaban J connectivity index is 1.73. The molecular weight excluding hydrogens is 380 g/mol. The highest BCUT2D eigenvalue weighted by Crippen LogP contribution is 2.38. The third-order valence-corrected chi connectivity index (χ3v) is 5.17. The molecule has 5 N–H and O–H groups in total. The van der Waals surface area contributed by atoms with Crippen LogP contribution in [0.2, 0.25) is 0 Å². The van der Waals surface area contributed by atoms with Crippen molar-refractivity contribution in [2.24, 2.45) is 0 Å². The van der Waals surface area contributed by atoms with Crippen LogP contribution in [0, 0.1) is 0 Å². The van der Waals surface area contributed by atoms with Crippen molar-refractivity contribution >= 4 is 21.5 Å². The topological polar surface area (TPSA) is 129 Å². The van der Waals surface area contributed by atoms with Crippen molar-refractivity contribution in [2.45, 2.75) is 30.7 Å². The van der Waals surface area contributed by atoms with Gasteiger partial charge in [0.05, 0.1) is 13.7 Å². The highest BCUT2D eigenvalue weighted by atomic mass is 16.7. The number of ether oxygens (including phenoxy) is 3. The van der Waals surface area contributed by atoms with Gasteiger partial charge in [-0.1, -0.05) is 12.1 Å². The lowest BCUT2D eigenvalue weighted by Gasteiger charge is -2.39. The molecule has 4 rings (SSSR count). The van der Waals surface area contributed by atoms with Gasteiger partial charge in [0.1, 0.15) is 41.7 Å². The first-order chi connectivity index (χ1) is 13.9. The van der Waals surface area contributed by atoms with Gasteiger partial charge < -0.3 is 39.7 Å². The molecule has 0 aromatic heterocycles. The van der Waals surface area contributed by atoms with Crippen molar-refractivity contribution in [1.29, 1.82) is 0 Å². The number of aliphatic hydroxyl groups excluding tert-OH is 4. The van der Waals surface area contributed by atoms with E-state index < -0.39 is 37.3 Å². The normalized spacial score (nSPS) is 27.3. The number of rotatable bonds is 4. The summed E-state index contributed by atoms with van der Waals surface area (Å²) in [6.07, 6.45) is -6.83. The fourth-order valence-electron chi connectivity index (χ4n) is 3.65. The Morgan fingerprint density at radius 3 is 2.41 bits per heavy atom. The first-order valence-corrected chi connectivity index (χ1v) is 9.13. The van der Waals surface area contributed by atoms with Gasteiger partial charge in [-0.25, -0.2) is 0 Å². The summed E-state index contributed by atoms with van der Waals surface area (Å²) in [4.78, 5) is 0. The Kier molecular flexibility index (Phi) is 5.20. The summed E-state index contributed by atoms with van der Waals surface area (Å²) in [6.45, 7) is -0.537. The number of phenolic OH excluding ortho intramolecular Hbond substituents is 1. The van der Waals surface area contributed by atoms with Gasteiger partial charge >= 0.3 is 0 Å². The van der Waals surface area contributed by atoms with Crippen molar-refractivity contribution in [3.8, 4) is 17.2 Å². The highest BCUT2D eigenvalue weighted by Gasteiger charge is 2.44. The zero-order chi connectivity index (χ0) is 20.7. The maximum atomic E-state index is 10.2. The van der Waals surface area contributed by atoms with Crippen LogP contribution in [0.5, 0.6) is 17.2 Å². The van der Waals surface area contributed by atoms with Crippen LogP contribution in [-0.2, 0) is 4.74 Å². The quantitative estimate of drug-likeness (QED) is 0.407. The van der Waals surface area contributed by atoms with Gasteiger partial charge in [0, 0.05) is 11.5 Å². The SMILES string of the molecule is COc1cc(OC2OC(CO)C(O)C(O)C2O)cc2ccc3cc(O)ccc3c12. The zero-order valence-corrected chi connectivity index (χ0v) is 15.6. The Hall–Kier alpha value is -2.62. The number of phenols is 1. The average Bonchev–Trinajstić information content (AvgIpc) is 2.73. The number of benzene rings is 3. The molecule has 1 aliphatic rings. The van der Waals surface area contributed by atoms with Crippen LogP contribution in [0.1, 0.15) is 0 Å². The lowest BCUT2D eigenvalue weighted by Crippen LogP contribution is -2.60. The van der Waals surface area contributed by atoms with Crippen LogP contribution in [0.3, 0.4) is 0 Å². The van der Waals surface area contributed by atoms with E-state index in [0.717, 1.165) is 21.5 Å². The standard InChI is InChI=1S/C21H22O8/c1-27-15-8-13(28-21-20(26)19(25)18(24)16(9-22)29-21)7-11-3-2-10-6-12(23)4-5-14(10)17(11)15/h2-8,16,18-26H,9H2,1H3. The lowest BCUT2D eigenvalue weighted by atomic mass is 9.99. The van der Waals surface area contributed by atoms with Gasteiger partial charge in [-0.05, 0) is 40.4 Å². The van der Waals surface area contributed by atoms with E-state index in [2.05, 4.69) is 0 Å². The van der Waals surface area contributed by atoms with Gasteiger partial charge in [-0.15, -0.1) is 0 Å². The maximum absolute atomic E-state index is 10.2. The molecule has 8 heteroatoms. The van der Waals surface area contributed by atoms with Crippen LogP contribution in [0.15, 0.2) is 42.5 Å².